The van der Waals surface area contributed by atoms with Crippen LogP contribution in [-0.4, -0.2) is 17.2 Å². The maximum absolute atomic E-state index is 11.4. The number of ketones is 1. The van der Waals surface area contributed by atoms with Crippen LogP contribution < -0.4 is 0 Å². The van der Waals surface area contributed by atoms with E-state index in [4.69, 9.17) is 5.11 Å². The number of benzene rings is 1. The topological polar surface area (TPSA) is 54.4 Å². The molecule has 0 spiro atoms. The van der Waals surface area contributed by atoms with Crippen molar-refractivity contribution >= 4 is 12.1 Å². The summed E-state index contributed by atoms with van der Waals surface area (Å²) in [6, 6.07) is 6.12. The van der Waals surface area contributed by atoms with Gasteiger partial charge in [-0.1, -0.05) is 0 Å². The van der Waals surface area contributed by atoms with Crippen molar-refractivity contribution in [3.8, 4) is 5.75 Å². The lowest BCUT2D eigenvalue weighted by Gasteiger charge is -1.99. The third kappa shape index (κ3) is 3.01. The van der Waals surface area contributed by atoms with E-state index in [1.807, 2.05) is 0 Å². The number of carbonyl (C=O) groups excluding carboxylic acids is 2. The minimum atomic E-state index is 0.00634. The van der Waals surface area contributed by atoms with Gasteiger partial charge in [0, 0.05) is 18.4 Å². The molecule has 0 unspecified atom stereocenters. The first-order valence-corrected chi connectivity index (χ1v) is 4.50. The van der Waals surface area contributed by atoms with E-state index in [2.05, 4.69) is 0 Å². The monoisotopic (exact) mass is 192 g/mol. The number of aldehydes is 1. The second-order valence-electron chi connectivity index (χ2n) is 3.03. The summed E-state index contributed by atoms with van der Waals surface area (Å²) in [7, 11) is 0. The zero-order chi connectivity index (χ0) is 10.4. The van der Waals surface area contributed by atoms with Gasteiger partial charge in [0.25, 0.3) is 0 Å². The molecule has 0 aliphatic carbocycles. The van der Waals surface area contributed by atoms with Crippen molar-refractivity contribution in [2.45, 2.75) is 19.3 Å². The standard InChI is InChI=1S/C11H12O3/c12-8-2-1-3-11(14)9-4-6-10(13)7-5-9/h4-8,13H,1-3H2. The Morgan fingerprint density at radius 2 is 1.93 bits per heavy atom. The summed E-state index contributed by atoms with van der Waals surface area (Å²) in [5.74, 6) is 0.154. The molecule has 14 heavy (non-hydrogen) atoms. The molecule has 0 saturated carbocycles. The second kappa shape index (κ2) is 5.17. The van der Waals surface area contributed by atoms with Crippen LogP contribution in [-0.2, 0) is 4.79 Å². The van der Waals surface area contributed by atoms with Crippen LogP contribution in [0.25, 0.3) is 0 Å². The SMILES string of the molecule is O=CCCCC(=O)c1ccc(O)cc1. The van der Waals surface area contributed by atoms with Gasteiger partial charge in [0.05, 0.1) is 0 Å². The molecule has 1 aromatic carbocycles. The van der Waals surface area contributed by atoms with Crippen LogP contribution in [0.4, 0.5) is 0 Å². The summed E-state index contributed by atoms with van der Waals surface area (Å²) >= 11 is 0. The van der Waals surface area contributed by atoms with Gasteiger partial charge in [-0.25, -0.2) is 0 Å². The van der Waals surface area contributed by atoms with Gasteiger partial charge in [0.15, 0.2) is 5.78 Å². The summed E-state index contributed by atoms with van der Waals surface area (Å²) in [5, 5.41) is 8.99. The normalized spacial score (nSPS) is 9.71. The molecule has 1 rings (SSSR count). The number of carbonyl (C=O) groups is 2. The molecule has 0 atom stereocenters. The minimum Gasteiger partial charge on any atom is -0.508 e. The van der Waals surface area contributed by atoms with E-state index in [-0.39, 0.29) is 11.5 Å². The van der Waals surface area contributed by atoms with E-state index in [1.165, 1.54) is 12.1 Å². The number of aromatic hydroxyl groups is 1. The van der Waals surface area contributed by atoms with Crippen molar-refractivity contribution in [3.05, 3.63) is 29.8 Å². The number of phenolic OH excluding ortho intramolecular Hbond substituents is 1. The highest BCUT2D eigenvalue weighted by Gasteiger charge is 2.04. The molecule has 0 heterocycles. The molecule has 0 aliphatic rings. The minimum absolute atomic E-state index is 0.00634. The number of rotatable bonds is 5. The Morgan fingerprint density at radius 3 is 2.50 bits per heavy atom. The Hall–Kier alpha value is -1.64. The Kier molecular flexibility index (Phi) is 3.85. The van der Waals surface area contributed by atoms with Gasteiger partial charge in [-0.2, -0.15) is 0 Å². The number of unbranched alkanes of at least 4 members (excludes halogenated alkanes) is 1. The van der Waals surface area contributed by atoms with Crippen molar-refractivity contribution in [1.82, 2.24) is 0 Å². The third-order valence-electron chi connectivity index (χ3n) is 1.92. The van der Waals surface area contributed by atoms with Crippen molar-refractivity contribution in [2.24, 2.45) is 0 Å². The molecule has 3 nitrogen and oxygen atoms in total. The number of hydrogen-bond acceptors (Lipinski definition) is 3. The van der Waals surface area contributed by atoms with Crippen molar-refractivity contribution in [3.63, 3.8) is 0 Å². The fourth-order valence-electron chi connectivity index (χ4n) is 1.14. The molecule has 0 saturated heterocycles. The summed E-state index contributed by atoms with van der Waals surface area (Å²) < 4.78 is 0. The molecular formula is C11H12O3. The molecule has 0 aliphatic heterocycles. The lowest BCUT2D eigenvalue weighted by atomic mass is 10.1. The lowest BCUT2D eigenvalue weighted by Crippen LogP contribution is -1.98. The van der Waals surface area contributed by atoms with Gasteiger partial charge in [0.2, 0.25) is 0 Å². The average molecular weight is 192 g/mol. The Balaban J connectivity index is 2.52. The smallest absolute Gasteiger partial charge is 0.162 e. The molecule has 3 heteroatoms. The summed E-state index contributed by atoms with van der Waals surface area (Å²) in [6.45, 7) is 0. The number of hydrogen-bond donors (Lipinski definition) is 1. The molecule has 0 amide bonds. The van der Waals surface area contributed by atoms with Crippen LogP contribution in [0.15, 0.2) is 24.3 Å². The Labute approximate surface area is 82.4 Å². The predicted octanol–water partition coefficient (Wildman–Crippen LogP) is 1.94. The van der Waals surface area contributed by atoms with Crippen molar-refractivity contribution in [1.29, 1.82) is 0 Å². The molecule has 1 aromatic rings. The summed E-state index contributed by atoms with van der Waals surface area (Å²) in [5.41, 5.74) is 0.577. The highest BCUT2D eigenvalue weighted by atomic mass is 16.3. The fourth-order valence-corrected chi connectivity index (χ4v) is 1.14. The molecule has 0 bridgehead atoms. The van der Waals surface area contributed by atoms with E-state index in [0.717, 1.165) is 6.29 Å². The molecule has 0 fully saturated rings. The van der Waals surface area contributed by atoms with E-state index >= 15 is 0 Å². The van der Waals surface area contributed by atoms with Crippen LogP contribution in [0.5, 0.6) is 5.75 Å². The predicted molar refractivity (Wildman–Crippen MR) is 52.4 cm³/mol. The Morgan fingerprint density at radius 1 is 1.29 bits per heavy atom. The van der Waals surface area contributed by atoms with E-state index in [9.17, 15) is 9.59 Å². The maximum atomic E-state index is 11.4. The van der Waals surface area contributed by atoms with Crippen LogP contribution in [0, 0.1) is 0 Å². The van der Waals surface area contributed by atoms with Crippen molar-refractivity contribution in [2.75, 3.05) is 0 Å². The van der Waals surface area contributed by atoms with Crippen LogP contribution >= 0.6 is 0 Å². The van der Waals surface area contributed by atoms with Gasteiger partial charge in [-0.15, -0.1) is 0 Å². The number of Topliss-reactive ketones (excluding diaryl/α,β-unsaturated/α-hetero) is 1. The van der Waals surface area contributed by atoms with Crippen LogP contribution in [0.3, 0.4) is 0 Å². The van der Waals surface area contributed by atoms with Gasteiger partial charge < -0.3 is 9.90 Å². The first-order chi connectivity index (χ1) is 6.74. The second-order valence-corrected chi connectivity index (χ2v) is 3.03. The molecule has 74 valence electrons. The fraction of sp³-hybridized carbons (Fsp3) is 0.273. The van der Waals surface area contributed by atoms with Crippen LogP contribution in [0.1, 0.15) is 29.6 Å². The molecule has 1 N–H and O–H groups in total. The Bertz CT molecular complexity index is 314. The summed E-state index contributed by atoms with van der Waals surface area (Å²) in [6.07, 6.45) is 2.20. The highest BCUT2D eigenvalue weighted by molar-refractivity contribution is 5.96. The third-order valence-corrected chi connectivity index (χ3v) is 1.92. The largest absolute Gasteiger partial charge is 0.508 e. The first kappa shape index (κ1) is 10.4. The quantitative estimate of drug-likeness (QED) is 0.440. The zero-order valence-corrected chi connectivity index (χ0v) is 7.77. The van der Waals surface area contributed by atoms with Gasteiger partial charge >= 0.3 is 0 Å². The lowest BCUT2D eigenvalue weighted by molar-refractivity contribution is -0.107. The van der Waals surface area contributed by atoms with Gasteiger partial charge in [-0.3, -0.25) is 4.79 Å². The molecular weight excluding hydrogens is 180 g/mol. The van der Waals surface area contributed by atoms with Crippen LogP contribution in [0.2, 0.25) is 0 Å². The van der Waals surface area contributed by atoms with Gasteiger partial charge in [0.1, 0.15) is 12.0 Å². The highest BCUT2D eigenvalue weighted by Crippen LogP contribution is 2.12. The zero-order valence-electron chi connectivity index (χ0n) is 7.77. The van der Waals surface area contributed by atoms with E-state index in [1.54, 1.807) is 12.1 Å². The van der Waals surface area contributed by atoms with Gasteiger partial charge in [-0.05, 0) is 30.7 Å². The first-order valence-electron chi connectivity index (χ1n) is 4.50. The van der Waals surface area contributed by atoms with E-state index < -0.39 is 0 Å². The van der Waals surface area contributed by atoms with Crippen molar-refractivity contribution < 1.29 is 14.7 Å². The molecule has 0 aromatic heterocycles. The average Bonchev–Trinajstić information content (AvgIpc) is 2.19. The molecule has 0 radical (unpaired) electrons. The summed E-state index contributed by atoms with van der Waals surface area (Å²) in [4.78, 5) is 21.5. The maximum Gasteiger partial charge on any atom is 0.162 e. The van der Waals surface area contributed by atoms with E-state index in [0.29, 0.717) is 24.8 Å². The number of phenols is 1.